The second kappa shape index (κ2) is 6.17. The van der Waals surface area contributed by atoms with E-state index in [0.717, 1.165) is 0 Å². The summed E-state index contributed by atoms with van der Waals surface area (Å²) < 4.78 is 10.6. The molecular weight excluding hydrogens is 322 g/mol. The zero-order valence-corrected chi connectivity index (χ0v) is 13.0. The summed E-state index contributed by atoms with van der Waals surface area (Å²) in [6.07, 6.45) is 2.75. The molecule has 118 valence electrons. The first-order valence-electron chi connectivity index (χ1n) is 6.74. The molecule has 0 aliphatic rings. The Balaban J connectivity index is 1.91. The fourth-order valence-electron chi connectivity index (χ4n) is 1.79. The number of aromatic amines is 1. The number of aromatic nitrogens is 5. The molecule has 0 aromatic carbocycles. The Morgan fingerprint density at radius 1 is 1.30 bits per heavy atom. The van der Waals surface area contributed by atoms with E-state index in [-0.39, 0.29) is 23.4 Å². The van der Waals surface area contributed by atoms with Gasteiger partial charge in [-0.1, -0.05) is 16.8 Å². The Kier molecular flexibility index (Phi) is 4.07. The first-order valence-corrected chi connectivity index (χ1v) is 7.12. The lowest BCUT2D eigenvalue weighted by Gasteiger charge is -2.09. The van der Waals surface area contributed by atoms with Crippen molar-refractivity contribution in [2.24, 2.45) is 0 Å². The van der Waals surface area contributed by atoms with Crippen molar-refractivity contribution in [1.29, 1.82) is 0 Å². The van der Waals surface area contributed by atoms with Crippen LogP contribution >= 0.6 is 11.6 Å². The van der Waals surface area contributed by atoms with Gasteiger partial charge < -0.3 is 14.2 Å². The highest BCUT2D eigenvalue weighted by Gasteiger charge is 2.15. The lowest BCUT2D eigenvalue weighted by atomic mass is 10.3. The monoisotopic (exact) mass is 333 g/mol. The van der Waals surface area contributed by atoms with Crippen molar-refractivity contribution in [3.8, 4) is 28.9 Å². The van der Waals surface area contributed by atoms with Crippen molar-refractivity contribution in [2.75, 3.05) is 0 Å². The Morgan fingerprint density at radius 3 is 2.83 bits per heavy atom. The van der Waals surface area contributed by atoms with Crippen LogP contribution in [0.1, 0.15) is 13.8 Å². The molecule has 0 fully saturated rings. The van der Waals surface area contributed by atoms with Gasteiger partial charge in [-0.15, -0.1) is 0 Å². The van der Waals surface area contributed by atoms with E-state index in [9.17, 15) is 4.79 Å². The van der Waals surface area contributed by atoms with E-state index in [1.54, 1.807) is 6.07 Å². The molecule has 0 radical (unpaired) electrons. The zero-order chi connectivity index (χ0) is 16.4. The number of halogens is 1. The largest absolute Gasteiger partial charge is 0.474 e. The smallest absolute Gasteiger partial charge is 0.259 e. The second-order valence-corrected chi connectivity index (χ2v) is 5.30. The molecule has 0 aliphatic heterocycles. The van der Waals surface area contributed by atoms with E-state index in [1.165, 1.54) is 18.6 Å². The summed E-state index contributed by atoms with van der Waals surface area (Å²) in [5.74, 6) is 0.749. The summed E-state index contributed by atoms with van der Waals surface area (Å²) in [6.45, 7) is 3.76. The van der Waals surface area contributed by atoms with E-state index in [0.29, 0.717) is 22.2 Å². The number of ether oxygens (including phenoxy) is 1. The standard InChI is InChI=1S/C14H12ClN5O3/c1-7(2)22-14-9(15)3-8(5-16-14)13-19-12(20-23-13)10-4-11(21)18-6-17-10/h3-7H,1-2H3,(H,17,18,21). The third kappa shape index (κ3) is 3.37. The molecule has 1 N–H and O–H groups in total. The Hall–Kier alpha value is -2.74. The van der Waals surface area contributed by atoms with Crippen molar-refractivity contribution in [2.45, 2.75) is 20.0 Å². The molecule has 0 saturated heterocycles. The predicted octanol–water partition coefficient (Wildman–Crippen LogP) is 2.32. The SMILES string of the molecule is CC(C)Oc1ncc(-c2nc(-c3cc(=O)[nH]cn3)no2)cc1Cl. The summed E-state index contributed by atoms with van der Waals surface area (Å²) in [7, 11) is 0. The molecule has 0 spiro atoms. The molecule has 0 saturated carbocycles. The molecule has 0 aliphatic carbocycles. The lowest BCUT2D eigenvalue weighted by Crippen LogP contribution is -2.07. The van der Waals surface area contributed by atoms with Gasteiger partial charge >= 0.3 is 0 Å². The maximum atomic E-state index is 11.3. The van der Waals surface area contributed by atoms with Crippen LogP contribution in [0.15, 0.2) is 34.0 Å². The summed E-state index contributed by atoms with van der Waals surface area (Å²) in [5, 5.41) is 4.14. The van der Waals surface area contributed by atoms with Gasteiger partial charge in [-0.2, -0.15) is 4.98 Å². The van der Waals surface area contributed by atoms with Crippen molar-refractivity contribution >= 4 is 11.6 Å². The highest BCUT2D eigenvalue weighted by Crippen LogP contribution is 2.28. The molecule has 3 heterocycles. The Bertz CT molecular complexity index is 890. The number of H-pyrrole nitrogens is 1. The van der Waals surface area contributed by atoms with Crippen molar-refractivity contribution in [1.82, 2.24) is 25.1 Å². The number of pyridine rings is 1. The zero-order valence-electron chi connectivity index (χ0n) is 12.3. The molecule has 0 amide bonds. The molecule has 9 heteroatoms. The third-order valence-electron chi connectivity index (χ3n) is 2.74. The average Bonchev–Trinajstić information content (AvgIpc) is 2.99. The van der Waals surface area contributed by atoms with Crippen LogP contribution in [0.2, 0.25) is 5.02 Å². The normalized spacial score (nSPS) is 11.0. The van der Waals surface area contributed by atoms with Crippen LogP contribution < -0.4 is 10.3 Å². The van der Waals surface area contributed by atoms with Crippen LogP contribution in [0.3, 0.4) is 0 Å². The topological polar surface area (TPSA) is 107 Å². The first-order chi connectivity index (χ1) is 11.0. The van der Waals surface area contributed by atoms with Gasteiger partial charge in [-0.3, -0.25) is 4.79 Å². The van der Waals surface area contributed by atoms with Gasteiger partial charge in [0.2, 0.25) is 11.7 Å². The average molecular weight is 334 g/mol. The van der Waals surface area contributed by atoms with Crippen molar-refractivity contribution < 1.29 is 9.26 Å². The molecule has 0 bridgehead atoms. The number of rotatable bonds is 4. The molecule has 8 nitrogen and oxygen atoms in total. The van der Waals surface area contributed by atoms with Gasteiger partial charge in [-0.05, 0) is 19.9 Å². The van der Waals surface area contributed by atoms with Crippen molar-refractivity contribution in [3.63, 3.8) is 0 Å². The third-order valence-corrected chi connectivity index (χ3v) is 3.01. The van der Waals surface area contributed by atoms with E-state index in [2.05, 4.69) is 25.1 Å². The van der Waals surface area contributed by atoms with Crippen LogP contribution in [-0.2, 0) is 0 Å². The molecule has 0 unspecified atom stereocenters. The van der Waals surface area contributed by atoms with Gasteiger partial charge in [0.25, 0.3) is 11.4 Å². The molecule has 23 heavy (non-hydrogen) atoms. The maximum absolute atomic E-state index is 11.3. The highest BCUT2D eigenvalue weighted by molar-refractivity contribution is 6.32. The van der Waals surface area contributed by atoms with Crippen LogP contribution in [0.25, 0.3) is 23.0 Å². The van der Waals surface area contributed by atoms with Gasteiger partial charge in [0, 0.05) is 12.3 Å². The van der Waals surface area contributed by atoms with Crippen LogP contribution in [-0.4, -0.2) is 31.2 Å². The van der Waals surface area contributed by atoms with E-state index >= 15 is 0 Å². The second-order valence-electron chi connectivity index (χ2n) is 4.90. The Labute approximate surface area is 135 Å². The van der Waals surface area contributed by atoms with Crippen LogP contribution in [0.5, 0.6) is 5.88 Å². The van der Waals surface area contributed by atoms with E-state index < -0.39 is 0 Å². The van der Waals surface area contributed by atoms with E-state index in [4.69, 9.17) is 20.9 Å². The fraction of sp³-hybridized carbons (Fsp3) is 0.214. The molecule has 0 atom stereocenters. The molecular formula is C14H12ClN5O3. The maximum Gasteiger partial charge on any atom is 0.259 e. The van der Waals surface area contributed by atoms with Crippen LogP contribution in [0, 0.1) is 0 Å². The summed E-state index contributed by atoms with van der Waals surface area (Å²) in [5.41, 5.74) is 0.540. The van der Waals surface area contributed by atoms with Gasteiger partial charge in [0.15, 0.2) is 0 Å². The van der Waals surface area contributed by atoms with Crippen LogP contribution in [0.4, 0.5) is 0 Å². The Morgan fingerprint density at radius 2 is 2.13 bits per heavy atom. The summed E-state index contributed by atoms with van der Waals surface area (Å²) in [6, 6.07) is 2.90. The molecule has 3 aromatic rings. The number of hydrogen-bond donors (Lipinski definition) is 1. The van der Waals surface area contributed by atoms with Crippen molar-refractivity contribution in [3.05, 3.63) is 40.0 Å². The predicted molar refractivity (Wildman–Crippen MR) is 82.2 cm³/mol. The fourth-order valence-corrected chi connectivity index (χ4v) is 2.00. The minimum absolute atomic E-state index is 0.0388. The highest BCUT2D eigenvalue weighted by atomic mass is 35.5. The number of nitrogens with one attached hydrogen (secondary N) is 1. The minimum Gasteiger partial charge on any atom is -0.474 e. The molecule has 3 aromatic heterocycles. The quantitative estimate of drug-likeness (QED) is 0.780. The lowest BCUT2D eigenvalue weighted by molar-refractivity contribution is 0.233. The summed E-state index contributed by atoms with van der Waals surface area (Å²) in [4.78, 5) is 26.0. The summed E-state index contributed by atoms with van der Waals surface area (Å²) >= 11 is 6.13. The van der Waals surface area contributed by atoms with Gasteiger partial charge in [0.1, 0.15) is 10.7 Å². The first kappa shape index (κ1) is 15.2. The van der Waals surface area contributed by atoms with Gasteiger partial charge in [-0.25, -0.2) is 9.97 Å². The number of nitrogens with zero attached hydrogens (tertiary/aromatic N) is 4. The number of hydrogen-bond acceptors (Lipinski definition) is 7. The minimum atomic E-state index is -0.304. The van der Waals surface area contributed by atoms with Gasteiger partial charge in [0.05, 0.1) is 18.0 Å². The molecule has 3 rings (SSSR count). The van der Waals surface area contributed by atoms with E-state index in [1.807, 2.05) is 13.8 Å².